The third-order valence-corrected chi connectivity index (χ3v) is 5.58. The van der Waals surface area contributed by atoms with E-state index >= 15 is 0 Å². The summed E-state index contributed by atoms with van der Waals surface area (Å²) < 4.78 is 0. The molecule has 1 heterocycles. The SMILES string of the molecule is c1ccc2cc(-c3ncnc(-c4ccc5ccc6ccccc6c5c4)n3)ccc2c1. The molecule has 0 aliphatic carbocycles. The molecule has 0 bridgehead atoms. The Morgan fingerprint density at radius 2 is 1.00 bits per heavy atom. The molecule has 3 nitrogen and oxygen atoms in total. The van der Waals surface area contributed by atoms with Crippen LogP contribution in [0.15, 0.2) is 103 Å². The molecule has 0 aliphatic heterocycles. The zero-order valence-electron chi connectivity index (χ0n) is 16.2. The van der Waals surface area contributed by atoms with Gasteiger partial charge in [-0.05, 0) is 44.5 Å². The Hall–Kier alpha value is -4.11. The minimum Gasteiger partial charge on any atom is -0.217 e. The fraction of sp³-hybridized carbons (Fsp3) is 0. The van der Waals surface area contributed by atoms with Crippen molar-refractivity contribution in [3.63, 3.8) is 0 Å². The van der Waals surface area contributed by atoms with Crippen LogP contribution in [0.1, 0.15) is 0 Å². The number of aromatic nitrogens is 3. The van der Waals surface area contributed by atoms with Crippen molar-refractivity contribution in [3.05, 3.63) is 103 Å². The zero-order valence-corrected chi connectivity index (χ0v) is 16.2. The van der Waals surface area contributed by atoms with Gasteiger partial charge in [-0.2, -0.15) is 0 Å². The van der Waals surface area contributed by atoms with Gasteiger partial charge in [0, 0.05) is 11.1 Å². The molecule has 140 valence electrons. The minimum atomic E-state index is 0.683. The van der Waals surface area contributed by atoms with E-state index in [4.69, 9.17) is 4.98 Å². The second kappa shape index (κ2) is 6.75. The fourth-order valence-electron chi connectivity index (χ4n) is 4.04. The molecule has 0 radical (unpaired) electrons. The average Bonchev–Trinajstić information content (AvgIpc) is 2.83. The first-order valence-electron chi connectivity index (χ1n) is 9.95. The van der Waals surface area contributed by atoms with Gasteiger partial charge in [-0.3, -0.25) is 0 Å². The molecule has 0 spiro atoms. The summed E-state index contributed by atoms with van der Waals surface area (Å²) in [6.45, 7) is 0. The molecule has 5 aromatic carbocycles. The van der Waals surface area contributed by atoms with Gasteiger partial charge in [0.05, 0.1) is 0 Å². The predicted molar refractivity (Wildman–Crippen MR) is 123 cm³/mol. The molecule has 30 heavy (non-hydrogen) atoms. The van der Waals surface area contributed by atoms with Crippen LogP contribution in [0.25, 0.3) is 55.1 Å². The monoisotopic (exact) mass is 383 g/mol. The van der Waals surface area contributed by atoms with Crippen LogP contribution in [-0.4, -0.2) is 15.0 Å². The second-order valence-corrected chi connectivity index (χ2v) is 7.42. The third-order valence-electron chi connectivity index (χ3n) is 5.58. The molecule has 0 amide bonds. The molecular weight excluding hydrogens is 366 g/mol. The molecule has 6 rings (SSSR count). The van der Waals surface area contributed by atoms with Crippen LogP contribution in [0.5, 0.6) is 0 Å². The number of hydrogen-bond donors (Lipinski definition) is 0. The number of benzene rings is 5. The van der Waals surface area contributed by atoms with Crippen LogP contribution in [0, 0.1) is 0 Å². The van der Waals surface area contributed by atoms with Crippen molar-refractivity contribution in [2.24, 2.45) is 0 Å². The van der Waals surface area contributed by atoms with E-state index in [1.807, 2.05) is 12.1 Å². The standard InChI is InChI=1S/C27H17N3/c1-2-7-21-15-22(13-9-18(21)5-1)26-28-17-29-27(30-26)23-14-12-20-11-10-19-6-3-4-8-24(19)25(20)16-23/h1-17H. The van der Waals surface area contributed by atoms with E-state index < -0.39 is 0 Å². The van der Waals surface area contributed by atoms with Crippen molar-refractivity contribution in [3.8, 4) is 22.8 Å². The molecule has 0 unspecified atom stereocenters. The summed E-state index contributed by atoms with van der Waals surface area (Å²) in [7, 11) is 0. The summed E-state index contributed by atoms with van der Waals surface area (Å²) in [5, 5.41) is 7.26. The zero-order chi connectivity index (χ0) is 19.9. The lowest BCUT2D eigenvalue weighted by Gasteiger charge is -2.08. The highest BCUT2D eigenvalue weighted by atomic mass is 15.0. The van der Waals surface area contributed by atoms with Crippen LogP contribution in [0.3, 0.4) is 0 Å². The van der Waals surface area contributed by atoms with Gasteiger partial charge in [0.1, 0.15) is 6.33 Å². The maximum atomic E-state index is 4.78. The van der Waals surface area contributed by atoms with E-state index in [-0.39, 0.29) is 0 Å². The number of hydrogen-bond acceptors (Lipinski definition) is 3. The Balaban J connectivity index is 1.49. The minimum absolute atomic E-state index is 0.683. The van der Waals surface area contributed by atoms with Gasteiger partial charge in [0.15, 0.2) is 11.6 Å². The second-order valence-electron chi connectivity index (χ2n) is 7.42. The molecule has 0 saturated carbocycles. The summed E-state index contributed by atoms with van der Waals surface area (Å²) in [6, 6.07) is 33.8. The number of nitrogens with zero attached hydrogens (tertiary/aromatic N) is 3. The van der Waals surface area contributed by atoms with Gasteiger partial charge in [-0.15, -0.1) is 0 Å². The quantitative estimate of drug-likeness (QED) is 0.314. The van der Waals surface area contributed by atoms with Crippen LogP contribution in [0.4, 0.5) is 0 Å². The lowest BCUT2D eigenvalue weighted by atomic mass is 10.00. The highest BCUT2D eigenvalue weighted by Gasteiger charge is 2.09. The van der Waals surface area contributed by atoms with E-state index in [2.05, 4.69) is 94.9 Å². The van der Waals surface area contributed by atoms with E-state index in [1.165, 1.54) is 32.3 Å². The van der Waals surface area contributed by atoms with Gasteiger partial charge in [0.2, 0.25) is 0 Å². The van der Waals surface area contributed by atoms with Crippen molar-refractivity contribution in [1.29, 1.82) is 0 Å². The first-order chi connectivity index (χ1) is 14.8. The maximum absolute atomic E-state index is 4.78. The predicted octanol–water partition coefficient (Wildman–Crippen LogP) is 6.67. The van der Waals surface area contributed by atoms with E-state index in [0.717, 1.165) is 11.1 Å². The molecule has 1 aromatic heterocycles. The third kappa shape index (κ3) is 2.80. The topological polar surface area (TPSA) is 38.7 Å². The van der Waals surface area contributed by atoms with Crippen molar-refractivity contribution in [2.75, 3.05) is 0 Å². The Bertz CT molecular complexity index is 1550. The average molecular weight is 383 g/mol. The highest BCUT2D eigenvalue weighted by molar-refractivity contribution is 6.08. The van der Waals surface area contributed by atoms with E-state index in [9.17, 15) is 0 Å². The van der Waals surface area contributed by atoms with Crippen LogP contribution < -0.4 is 0 Å². The molecule has 0 fully saturated rings. The maximum Gasteiger partial charge on any atom is 0.163 e. The summed E-state index contributed by atoms with van der Waals surface area (Å²) >= 11 is 0. The van der Waals surface area contributed by atoms with Crippen LogP contribution >= 0.6 is 0 Å². The molecule has 6 aromatic rings. The van der Waals surface area contributed by atoms with Crippen molar-refractivity contribution in [1.82, 2.24) is 15.0 Å². The van der Waals surface area contributed by atoms with Gasteiger partial charge in [-0.25, -0.2) is 15.0 Å². The Morgan fingerprint density at radius 3 is 1.80 bits per heavy atom. The smallest absolute Gasteiger partial charge is 0.163 e. The number of fused-ring (bicyclic) bond motifs is 4. The van der Waals surface area contributed by atoms with Crippen LogP contribution in [-0.2, 0) is 0 Å². The lowest BCUT2D eigenvalue weighted by Crippen LogP contribution is -1.95. The normalized spacial score (nSPS) is 11.3. The summed E-state index contributed by atoms with van der Waals surface area (Å²) in [4.78, 5) is 13.7. The van der Waals surface area contributed by atoms with Gasteiger partial charge >= 0.3 is 0 Å². The van der Waals surface area contributed by atoms with E-state index in [0.29, 0.717) is 11.6 Å². The molecule has 0 aliphatic rings. The molecular formula is C27H17N3. The fourth-order valence-corrected chi connectivity index (χ4v) is 4.04. The highest BCUT2D eigenvalue weighted by Crippen LogP contribution is 2.29. The summed E-state index contributed by atoms with van der Waals surface area (Å²) in [6.07, 6.45) is 1.60. The van der Waals surface area contributed by atoms with Crippen molar-refractivity contribution >= 4 is 32.3 Å². The van der Waals surface area contributed by atoms with Gasteiger partial charge in [-0.1, -0.05) is 84.9 Å². The summed E-state index contributed by atoms with van der Waals surface area (Å²) in [5.41, 5.74) is 1.98. The van der Waals surface area contributed by atoms with Crippen molar-refractivity contribution in [2.45, 2.75) is 0 Å². The molecule has 0 saturated heterocycles. The molecule has 0 atom stereocenters. The first-order valence-corrected chi connectivity index (χ1v) is 9.95. The van der Waals surface area contributed by atoms with E-state index in [1.54, 1.807) is 6.33 Å². The van der Waals surface area contributed by atoms with Crippen LogP contribution in [0.2, 0.25) is 0 Å². The Kier molecular flexibility index (Phi) is 3.78. The lowest BCUT2D eigenvalue weighted by molar-refractivity contribution is 1.07. The molecule has 3 heteroatoms. The molecule has 0 N–H and O–H groups in total. The summed E-state index contributed by atoms with van der Waals surface area (Å²) in [5.74, 6) is 1.37. The van der Waals surface area contributed by atoms with Gasteiger partial charge in [0.25, 0.3) is 0 Å². The largest absolute Gasteiger partial charge is 0.217 e. The van der Waals surface area contributed by atoms with Crippen molar-refractivity contribution < 1.29 is 0 Å². The Morgan fingerprint density at radius 1 is 0.433 bits per heavy atom. The number of rotatable bonds is 2. The Labute approximate surface area is 173 Å². The first kappa shape index (κ1) is 16.8. The van der Waals surface area contributed by atoms with Gasteiger partial charge < -0.3 is 0 Å².